The zero-order chi connectivity index (χ0) is 19.7. The van der Waals surface area contributed by atoms with E-state index in [1.54, 1.807) is 10.7 Å². The highest BCUT2D eigenvalue weighted by atomic mass is 79.9. The second kappa shape index (κ2) is 7.95. The maximum atomic E-state index is 9.59. The maximum Gasteiger partial charge on any atom is 0.180 e. The molecular weight excluding hydrogens is 502 g/mol. The summed E-state index contributed by atoms with van der Waals surface area (Å²) >= 11 is 8.38. The fraction of sp³-hybridized carbons (Fsp3) is 0.0500. The van der Waals surface area contributed by atoms with Crippen LogP contribution in [0.4, 0.5) is 5.82 Å². The lowest BCUT2D eigenvalue weighted by atomic mass is 10.1. The second-order valence-corrected chi connectivity index (χ2v) is 8.54. The van der Waals surface area contributed by atoms with Crippen molar-refractivity contribution < 1.29 is 0 Å². The van der Waals surface area contributed by atoms with Gasteiger partial charge in [-0.2, -0.15) is 5.26 Å². The van der Waals surface area contributed by atoms with Crippen molar-refractivity contribution in [3.05, 3.63) is 68.6 Å². The van der Waals surface area contributed by atoms with Crippen LogP contribution < -0.4 is 0 Å². The number of thioether (sulfide) groups is 1. The molecule has 2 heterocycles. The van der Waals surface area contributed by atoms with E-state index in [1.807, 2.05) is 54.8 Å². The smallest absolute Gasteiger partial charge is 0.180 e. The molecule has 2 aromatic heterocycles. The van der Waals surface area contributed by atoms with E-state index in [4.69, 9.17) is 9.98 Å². The van der Waals surface area contributed by atoms with Crippen molar-refractivity contribution in [2.75, 3.05) is 6.26 Å². The second-order valence-electron chi connectivity index (χ2n) is 5.89. The molecule has 4 rings (SSSR count). The molecule has 0 aliphatic heterocycles. The third-order valence-corrected chi connectivity index (χ3v) is 5.92. The van der Waals surface area contributed by atoms with Crippen LogP contribution in [0.1, 0.15) is 11.1 Å². The van der Waals surface area contributed by atoms with E-state index in [1.165, 1.54) is 11.8 Å². The predicted octanol–water partition coefficient (Wildman–Crippen LogP) is 6.20. The number of hydrogen-bond acceptors (Lipinski definition) is 4. The standard InChI is InChI=1S/C20H13Br2N5S/c1-28-20-16(10-23)18-25-17(13-4-8-15(22)9-5-13)19(27(18)26-20)24-11-12-2-6-14(21)7-3-12/h2-9,11,26H,1H3. The van der Waals surface area contributed by atoms with Crippen molar-refractivity contribution in [3.63, 3.8) is 0 Å². The van der Waals surface area contributed by atoms with E-state index < -0.39 is 0 Å². The Morgan fingerprint density at radius 1 is 1.11 bits per heavy atom. The molecule has 0 fully saturated rings. The minimum absolute atomic E-state index is 0.524. The summed E-state index contributed by atoms with van der Waals surface area (Å²) in [6.07, 6.45) is 3.72. The Labute approximate surface area is 182 Å². The Kier molecular flexibility index (Phi) is 5.40. The van der Waals surface area contributed by atoms with E-state index in [0.717, 1.165) is 30.8 Å². The van der Waals surface area contributed by atoms with Gasteiger partial charge in [-0.15, -0.1) is 11.8 Å². The van der Waals surface area contributed by atoms with Crippen LogP contribution in [-0.2, 0) is 0 Å². The summed E-state index contributed by atoms with van der Waals surface area (Å²) in [5.41, 5.74) is 3.72. The van der Waals surface area contributed by atoms with Crippen LogP contribution in [0.25, 0.3) is 16.9 Å². The minimum atomic E-state index is 0.524. The zero-order valence-electron chi connectivity index (χ0n) is 14.6. The lowest BCUT2D eigenvalue weighted by Crippen LogP contribution is -1.87. The van der Waals surface area contributed by atoms with E-state index in [2.05, 4.69) is 43.0 Å². The molecule has 0 unspecified atom stereocenters. The first kappa shape index (κ1) is 19.0. The average Bonchev–Trinajstić information content (AvgIpc) is 3.23. The Balaban J connectivity index is 1.91. The molecule has 4 aromatic rings. The predicted molar refractivity (Wildman–Crippen MR) is 121 cm³/mol. The number of aromatic nitrogens is 3. The van der Waals surface area contributed by atoms with E-state index in [0.29, 0.717) is 17.0 Å². The molecule has 0 amide bonds. The van der Waals surface area contributed by atoms with E-state index >= 15 is 0 Å². The van der Waals surface area contributed by atoms with E-state index in [-0.39, 0.29) is 0 Å². The molecule has 138 valence electrons. The first-order chi connectivity index (χ1) is 13.6. The maximum absolute atomic E-state index is 9.59. The molecule has 0 aliphatic rings. The average molecular weight is 515 g/mol. The third kappa shape index (κ3) is 3.53. The monoisotopic (exact) mass is 513 g/mol. The number of aliphatic imine (C=N–C) groups is 1. The molecule has 0 saturated heterocycles. The number of rotatable bonds is 4. The molecule has 0 spiro atoms. The number of aromatic amines is 1. The summed E-state index contributed by atoms with van der Waals surface area (Å²) < 4.78 is 3.78. The quantitative estimate of drug-likeness (QED) is 0.260. The molecule has 2 aromatic carbocycles. The highest BCUT2D eigenvalue weighted by Crippen LogP contribution is 2.35. The minimum Gasteiger partial charge on any atom is -0.283 e. The van der Waals surface area contributed by atoms with Crippen LogP contribution in [0.15, 0.2) is 67.5 Å². The van der Waals surface area contributed by atoms with Crippen molar-refractivity contribution in [1.29, 1.82) is 5.26 Å². The zero-order valence-corrected chi connectivity index (χ0v) is 18.6. The largest absolute Gasteiger partial charge is 0.283 e. The molecule has 28 heavy (non-hydrogen) atoms. The van der Waals surface area contributed by atoms with Gasteiger partial charge >= 0.3 is 0 Å². The van der Waals surface area contributed by atoms with Crippen molar-refractivity contribution in [1.82, 2.24) is 14.6 Å². The highest BCUT2D eigenvalue weighted by Gasteiger charge is 2.20. The van der Waals surface area contributed by atoms with Crippen LogP contribution in [0.5, 0.6) is 0 Å². The summed E-state index contributed by atoms with van der Waals surface area (Å²) in [4.78, 5) is 9.45. The van der Waals surface area contributed by atoms with Gasteiger partial charge in [0.05, 0.1) is 0 Å². The van der Waals surface area contributed by atoms with Gasteiger partial charge in [0.1, 0.15) is 22.4 Å². The summed E-state index contributed by atoms with van der Waals surface area (Å²) in [7, 11) is 0. The van der Waals surface area contributed by atoms with Gasteiger partial charge in [0.15, 0.2) is 11.5 Å². The van der Waals surface area contributed by atoms with Gasteiger partial charge < -0.3 is 0 Å². The van der Waals surface area contributed by atoms with Crippen molar-refractivity contribution in [2.24, 2.45) is 4.99 Å². The number of hydrogen-bond donors (Lipinski definition) is 1. The molecule has 0 aliphatic carbocycles. The van der Waals surface area contributed by atoms with Gasteiger partial charge in [-0.05, 0) is 36.1 Å². The Bertz CT molecular complexity index is 1210. The Morgan fingerprint density at radius 2 is 1.75 bits per heavy atom. The number of H-pyrrole nitrogens is 1. The fourth-order valence-corrected chi connectivity index (χ4v) is 3.85. The Morgan fingerprint density at radius 3 is 2.36 bits per heavy atom. The molecular formula is C20H13Br2N5S. The number of halogens is 2. The topological polar surface area (TPSA) is 69.2 Å². The Hall–Kier alpha value is -2.34. The lowest BCUT2D eigenvalue weighted by molar-refractivity contribution is 0.909. The van der Waals surface area contributed by atoms with Gasteiger partial charge in [0, 0.05) is 20.7 Å². The van der Waals surface area contributed by atoms with Crippen LogP contribution in [0.3, 0.4) is 0 Å². The number of nitriles is 1. The van der Waals surface area contributed by atoms with Crippen molar-refractivity contribution >= 4 is 61.3 Å². The van der Waals surface area contributed by atoms with Crippen LogP contribution in [0.2, 0.25) is 0 Å². The number of imidazole rings is 1. The molecule has 8 heteroatoms. The molecule has 0 atom stereocenters. The van der Waals surface area contributed by atoms with E-state index in [9.17, 15) is 5.26 Å². The van der Waals surface area contributed by atoms with Crippen LogP contribution >= 0.6 is 43.6 Å². The first-order valence-corrected chi connectivity index (χ1v) is 11.1. The van der Waals surface area contributed by atoms with Crippen LogP contribution in [-0.4, -0.2) is 27.1 Å². The van der Waals surface area contributed by atoms with Gasteiger partial charge in [-0.3, -0.25) is 5.10 Å². The van der Waals surface area contributed by atoms with Crippen molar-refractivity contribution in [2.45, 2.75) is 5.03 Å². The molecule has 0 bridgehead atoms. The third-order valence-electron chi connectivity index (χ3n) is 4.16. The van der Waals surface area contributed by atoms with Crippen molar-refractivity contribution in [3.8, 4) is 17.3 Å². The molecule has 5 nitrogen and oxygen atoms in total. The van der Waals surface area contributed by atoms with Crippen LogP contribution in [0, 0.1) is 11.3 Å². The summed E-state index contributed by atoms with van der Waals surface area (Å²) in [5, 5.41) is 13.6. The lowest BCUT2D eigenvalue weighted by Gasteiger charge is -2.01. The van der Waals surface area contributed by atoms with Gasteiger partial charge in [-0.25, -0.2) is 14.5 Å². The van der Waals surface area contributed by atoms with Gasteiger partial charge in [0.25, 0.3) is 0 Å². The molecule has 0 saturated carbocycles. The number of fused-ring (bicyclic) bond motifs is 1. The highest BCUT2D eigenvalue weighted by molar-refractivity contribution is 9.10. The SMILES string of the molecule is CSc1[nH]n2c(N=Cc3ccc(Br)cc3)c(-c3ccc(Br)cc3)nc2c1C#N. The number of nitrogens with zero attached hydrogens (tertiary/aromatic N) is 4. The summed E-state index contributed by atoms with van der Waals surface area (Å²) in [6, 6.07) is 18.0. The first-order valence-electron chi connectivity index (χ1n) is 8.25. The number of nitrogens with one attached hydrogen (secondary N) is 1. The fourth-order valence-electron chi connectivity index (χ4n) is 2.80. The summed E-state index contributed by atoms with van der Waals surface area (Å²) in [6.45, 7) is 0. The van der Waals surface area contributed by atoms with Gasteiger partial charge in [-0.1, -0.05) is 56.1 Å². The molecule has 1 N–H and O–H groups in total. The molecule has 0 radical (unpaired) electrons. The summed E-state index contributed by atoms with van der Waals surface area (Å²) in [5.74, 6) is 0.650. The normalized spacial score (nSPS) is 11.4. The van der Waals surface area contributed by atoms with Gasteiger partial charge in [0.2, 0.25) is 0 Å². The number of benzene rings is 2.